The fourth-order valence-corrected chi connectivity index (χ4v) is 2.10. The highest BCUT2D eigenvalue weighted by molar-refractivity contribution is 5.72. The molecule has 21 heavy (non-hydrogen) atoms. The van der Waals surface area contributed by atoms with Gasteiger partial charge in [0, 0.05) is 25.4 Å². The number of aromatic nitrogens is 1. The maximum Gasteiger partial charge on any atom is 0.410 e. The second kappa shape index (κ2) is 6.24. The molecule has 0 bridgehead atoms. The molecule has 2 heterocycles. The van der Waals surface area contributed by atoms with Crippen LogP contribution in [0.4, 0.5) is 10.6 Å². The van der Waals surface area contributed by atoms with Crippen molar-refractivity contribution in [2.24, 2.45) is 0 Å². The van der Waals surface area contributed by atoms with E-state index in [4.69, 9.17) is 9.94 Å². The molecule has 0 saturated heterocycles. The molecule has 0 spiro atoms. The van der Waals surface area contributed by atoms with Gasteiger partial charge in [-0.3, -0.25) is 0 Å². The third kappa shape index (κ3) is 4.27. The van der Waals surface area contributed by atoms with Crippen molar-refractivity contribution in [2.75, 3.05) is 13.1 Å². The zero-order valence-corrected chi connectivity index (χ0v) is 12.7. The van der Waals surface area contributed by atoms with E-state index in [9.17, 15) is 4.79 Å². The van der Waals surface area contributed by atoms with Crippen LogP contribution in [0.5, 0.6) is 0 Å². The second-order valence-corrected chi connectivity index (χ2v) is 6.01. The van der Waals surface area contributed by atoms with Gasteiger partial charge in [-0.2, -0.15) is 5.48 Å². The number of hydrogen-bond acceptors (Lipinski definition) is 4. The average Bonchev–Trinajstić information content (AvgIpc) is 2.46. The first kappa shape index (κ1) is 15.5. The van der Waals surface area contributed by atoms with Gasteiger partial charge in [0.15, 0.2) is 0 Å². The summed E-state index contributed by atoms with van der Waals surface area (Å²) in [6.07, 6.45) is 4.24. The van der Waals surface area contributed by atoms with E-state index in [1.54, 1.807) is 17.2 Å². The van der Waals surface area contributed by atoms with Crippen molar-refractivity contribution in [3.05, 3.63) is 30.0 Å². The lowest BCUT2D eigenvalue weighted by Gasteiger charge is -2.29. The summed E-state index contributed by atoms with van der Waals surface area (Å²) in [7, 11) is 0. The molecule has 1 aromatic heterocycles. The number of rotatable bonds is 2. The standard InChI is InChI=1S/C15H21N3O3/c1-15(2,3)21-14(19)18-8-6-11(7-9-18)12-4-5-13(17-20)16-10-12/h4-6,10,20H,7-9H2,1-3H3,(H,16,17)/p+1. The molecule has 6 heteroatoms. The summed E-state index contributed by atoms with van der Waals surface area (Å²) in [6.45, 7) is 6.76. The van der Waals surface area contributed by atoms with Gasteiger partial charge in [0.2, 0.25) is 0 Å². The molecule has 1 aromatic rings. The maximum atomic E-state index is 12.0. The van der Waals surface area contributed by atoms with Gasteiger partial charge < -0.3 is 9.64 Å². The fraction of sp³-hybridized carbons (Fsp3) is 0.467. The SMILES string of the molecule is CC(C)(C)OC(=O)N1CC=C(c2ccc([NH2+]O)nc2)CC1. The van der Waals surface area contributed by atoms with E-state index in [-0.39, 0.29) is 6.09 Å². The molecule has 1 aliphatic heterocycles. The number of carbonyl (C=O) groups is 1. The lowest BCUT2D eigenvalue weighted by Crippen LogP contribution is -2.74. The van der Waals surface area contributed by atoms with Crippen molar-refractivity contribution in [3.8, 4) is 0 Å². The van der Waals surface area contributed by atoms with E-state index in [2.05, 4.69) is 4.98 Å². The quantitative estimate of drug-likeness (QED) is 0.813. The Bertz CT molecular complexity index is 532. The Labute approximate surface area is 124 Å². The van der Waals surface area contributed by atoms with Crippen LogP contribution in [-0.2, 0) is 4.74 Å². The number of hydrogen-bond donors (Lipinski definition) is 2. The van der Waals surface area contributed by atoms with E-state index in [0.717, 1.165) is 23.0 Å². The van der Waals surface area contributed by atoms with Crippen LogP contribution < -0.4 is 5.48 Å². The highest BCUT2D eigenvalue weighted by atomic mass is 16.6. The van der Waals surface area contributed by atoms with Gasteiger partial charge in [0.05, 0.1) is 0 Å². The fourth-order valence-electron chi connectivity index (χ4n) is 2.10. The van der Waals surface area contributed by atoms with Gasteiger partial charge in [0.25, 0.3) is 5.82 Å². The van der Waals surface area contributed by atoms with Crippen LogP contribution >= 0.6 is 0 Å². The number of pyridine rings is 1. The summed E-state index contributed by atoms with van der Waals surface area (Å²) in [4.78, 5) is 17.8. The van der Waals surface area contributed by atoms with Crippen LogP contribution in [0.15, 0.2) is 24.4 Å². The van der Waals surface area contributed by atoms with Crippen LogP contribution in [-0.4, -0.2) is 39.9 Å². The minimum absolute atomic E-state index is 0.277. The molecule has 1 amide bonds. The largest absolute Gasteiger partial charge is 0.444 e. The zero-order chi connectivity index (χ0) is 15.5. The first-order chi connectivity index (χ1) is 9.89. The molecule has 114 valence electrons. The van der Waals surface area contributed by atoms with Crippen LogP contribution in [0.3, 0.4) is 0 Å². The molecule has 0 unspecified atom stereocenters. The van der Waals surface area contributed by atoms with Gasteiger partial charge in [-0.15, -0.1) is 0 Å². The second-order valence-electron chi connectivity index (χ2n) is 6.01. The first-order valence-corrected chi connectivity index (χ1v) is 7.00. The van der Waals surface area contributed by atoms with Crippen molar-refractivity contribution in [3.63, 3.8) is 0 Å². The summed E-state index contributed by atoms with van der Waals surface area (Å²) >= 11 is 0. The zero-order valence-electron chi connectivity index (χ0n) is 12.7. The summed E-state index contributed by atoms with van der Waals surface area (Å²) in [5.41, 5.74) is 2.68. The predicted octanol–water partition coefficient (Wildman–Crippen LogP) is 1.69. The smallest absolute Gasteiger partial charge is 0.410 e. The molecular weight excluding hydrogens is 270 g/mol. The highest BCUT2D eigenvalue weighted by Gasteiger charge is 2.23. The van der Waals surface area contributed by atoms with Crippen LogP contribution in [0.25, 0.3) is 5.57 Å². The Hall–Kier alpha value is -1.92. The molecule has 0 fully saturated rings. The van der Waals surface area contributed by atoms with Crippen molar-refractivity contribution in [1.29, 1.82) is 0 Å². The minimum atomic E-state index is -0.471. The monoisotopic (exact) mass is 292 g/mol. The summed E-state index contributed by atoms with van der Waals surface area (Å²) in [6, 6.07) is 3.68. The Kier molecular flexibility index (Phi) is 4.59. The molecule has 0 saturated carbocycles. The summed E-state index contributed by atoms with van der Waals surface area (Å²) < 4.78 is 5.36. The normalized spacial score (nSPS) is 15.6. The molecule has 2 rings (SSSR count). The van der Waals surface area contributed by atoms with Crippen LogP contribution in [0, 0.1) is 0 Å². The first-order valence-electron chi connectivity index (χ1n) is 7.00. The Balaban J connectivity index is 1.99. The number of ether oxygens (including phenoxy) is 1. The van der Waals surface area contributed by atoms with Crippen LogP contribution in [0.1, 0.15) is 32.8 Å². The molecule has 1 aliphatic rings. The Morgan fingerprint density at radius 1 is 1.43 bits per heavy atom. The van der Waals surface area contributed by atoms with Gasteiger partial charge >= 0.3 is 6.09 Å². The minimum Gasteiger partial charge on any atom is -0.444 e. The third-order valence-electron chi connectivity index (χ3n) is 3.15. The van der Waals surface area contributed by atoms with Gasteiger partial charge in [-0.05, 0) is 44.4 Å². The van der Waals surface area contributed by atoms with Crippen molar-refractivity contribution >= 4 is 17.5 Å². The third-order valence-corrected chi connectivity index (χ3v) is 3.15. The molecular formula is C15H22N3O3+. The number of carbonyl (C=O) groups excluding carboxylic acids is 1. The molecule has 0 aromatic carbocycles. The lowest BCUT2D eigenvalue weighted by atomic mass is 10.0. The van der Waals surface area contributed by atoms with Gasteiger partial charge in [0.1, 0.15) is 5.60 Å². The molecule has 3 N–H and O–H groups in total. The van der Waals surface area contributed by atoms with Crippen LogP contribution in [0.2, 0.25) is 0 Å². The molecule has 0 radical (unpaired) electrons. The van der Waals surface area contributed by atoms with Gasteiger partial charge in [-0.25, -0.2) is 15.0 Å². The molecule has 0 atom stereocenters. The summed E-state index contributed by atoms with van der Waals surface area (Å²) in [5, 5.41) is 8.87. The maximum absolute atomic E-state index is 12.0. The number of nitrogens with zero attached hydrogens (tertiary/aromatic N) is 2. The Morgan fingerprint density at radius 2 is 2.19 bits per heavy atom. The molecule has 6 nitrogen and oxygen atoms in total. The van der Waals surface area contributed by atoms with Gasteiger partial charge in [-0.1, -0.05) is 6.08 Å². The number of nitrogens with two attached hydrogens (primary N) is 1. The van der Waals surface area contributed by atoms with E-state index in [1.165, 1.54) is 0 Å². The van der Waals surface area contributed by atoms with E-state index >= 15 is 0 Å². The summed E-state index contributed by atoms with van der Waals surface area (Å²) in [5.74, 6) is 0.533. The number of quaternary nitrogens is 1. The topological polar surface area (TPSA) is 79.3 Å². The van der Waals surface area contributed by atoms with E-state index in [0.29, 0.717) is 18.9 Å². The van der Waals surface area contributed by atoms with E-state index in [1.807, 2.05) is 32.9 Å². The number of amides is 1. The van der Waals surface area contributed by atoms with Crippen molar-refractivity contribution < 1.29 is 20.2 Å². The predicted molar refractivity (Wildman–Crippen MR) is 78.0 cm³/mol. The lowest BCUT2D eigenvalue weighted by molar-refractivity contribution is -0.828. The molecule has 0 aliphatic carbocycles. The van der Waals surface area contributed by atoms with Crippen molar-refractivity contribution in [1.82, 2.24) is 9.88 Å². The highest BCUT2D eigenvalue weighted by Crippen LogP contribution is 2.23. The van der Waals surface area contributed by atoms with Crippen molar-refractivity contribution in [2.45, 2.75) is 32.8 Å². The van der Waals surface area contributed by atoms with E-state index < -0.39 is 5.60 Å². The Morgan fingerprint density at radius 3 is 2.67 bits per heavy atom. The average molecular weight is 292 g/mol.